The Morgan fingerprint density at radius 3 is 2.62 bits per heavy atom. The first-order valence-electron chi connectivity index (χ1n) is 7.47. The lowest BCUT2D eigenvalue weighted by Gasteiger charge is -2.03. The minimum absolute atomic E-state index is 0.0645. The van der Waals surface area contributed by atoms with Crippen molar-refractivity contribution >= 4 is 5.91 Å². The van der Waals surface area contributed by atoms with E-state index in [0.29, 0.717) is 11.8 Å². The molecule has 21 heavy (non-hydrogen) atoms. The molecule has 2 rings (SSSR count). The Bertz CT molecular complexity index is 611. The van der Waals surface area contributed by atoms with Crippen molar-refractivity contribution in [2.24, 2.45) is 4.99 Å². The van der Waals surface area contributed by atoms with Crippen molar-refractivity contribution < 1.29 is 4.79 Å². The first-order valence-corrected chi connectivity index (χ1v) is 7.47. The van der Waals surface area contributed by atoms with Crippen LogP contribution in [-0.2, 0) is 4.79 Å². The Morgan fingerprint density at radius 2 is 1.95 bits per heavy atom. The topological polar surface area (TPSA) is 47.2 Å². The molecule has 2 aromatic rings. The first kappa shape index (κ1) is 15.2. The molecule has 1 amide bonds. The molecule has 110 valence electrons. The summed E-state index contributed by atoms with van der Waals surface area (Å²) < 4.78 is 1.75. The van der Waals surface area contributed by atoms with E-state index in [1.165, 1.54) is 12.8 Å². The fourth-order valence-corrected chi connectivity index (χ4v) is 2.05. The molecule has 4 heteroatoms. The number of para-hydroxylation sites is 1. The molecule has 0 saturated carbocycles. The van der Waals surface area contributed by atoms with Gasteiger partial charge in [-0.05, 0) is 24.6 Å². The Balaban J connectivity index is 1.98. The number of nitrogens with zero attached hydrogens (tertiary/aromatic N) is 3. The molecule has 0 aliphatic heterocycles. The highest BCUT2D eigenvalue weighted by Gasteiger charge is 1.99. The maximum atomic E-state index is 11.7. The van der Waals surface area contributed by atoms with E-state index < -0.39 is 0 Å². The van der Waals surface area contributed by atoms with Gasteiger partial charge in [-0.15, -0.1) is 0 Å². The standard InChI is InChI=1S/C17H21N3O/c1-2-3-4-8-11-17(21)19-15-12-13-20(18-14-15)16-9-6-5-7-10-16/h5-7,9-10,12-14H,2-4,8,11H2,1H3. The number of benzene rings is 1. The molecule has 0 atom stereocenters. The SMILES string of the molecule is CCCCCCC(=O)N=c1ccn(-c2ccccc2)nc1. The van der Waals surface area contributed by atoms with E-state index in [0.717, 1.165) is 18.5 Å². The summed E-state index contributed by atoms with van der Waals surface area (Å²) in [7, 11) is 0. The summed E-state index contributed by atoms with van der Waals surface area (Å²) in [4.78, 5) is 15.8. The second-order valence-corrected chi connectivity index (χ2v) is 4.98. The van der Waals surface area contributed by atoms with E-state index in [1.807, 2.05) is 42.6 Å². The third-order valence-corrected chi connectivity index (χ3v) is 3.22. The van der Waals surface area contributed by atoms with Crippen molar-refractivity contribution in [3.05, 3.63) is 54.1 Å². The highest BCUT2D eigenvalue weighted by atomic mass is 16.1. The van der Waals surface area contributed by atoms with Crippen molar-refractivity contribution in [3.8, 4) is 5.69 Å². The Labute approximate surface area is 125 Å². The largest absolute Gasteiger partial charge is 0.273 e. The van der Waals surface area contributed by atoms with Gasteiger partial charge in [0.2, 0.25) is 5.91 Å². The van der Waals surface area contributed by atoms with Gasteiger partial charge in [0.15, 0.2) is 0 Å². The summed E-state index contributed by atoms with van der Waals surface area (Å²) in [5.41, 5.74) is 0.981. The van der Waals surface area contributed by atoms with E-state index in [4.69, 9.17) is 0 Å². The average molecular weight is 283 g/mol. The lowest BCUT2D eigenvalue weighted by molar-refractivity contribution is -0.118. The smallest absolute Gasteiger partial charge is 0.246 e. The number of hydrogen-bond donors (Lipinski definition) is 0. The van der Waals surface area contributed by atoms with Crippen LogP contribution in [0.1, 0.15) is 39.0 Å². The number of aromatic nitrogens is 2. The van der Waals surface area contributed by atoms with Crippen molar-refractivity contribution in [3.63, 3.8) is 0 Å². The minimum atomic E-state index is -0.0645. The van der Waals surface area contributed by atoms with Crippen LogP contribution < -0.4 is 5.36 Å². The van der Waals surface area contributed by atoms with Gasteiger partial charge in [-0.2, -0.15) is 5.10 Å². The van der Waals surface area contributed by atoms with Crippen molar-refractivity contribution in [1.82, 2.24) is 9.78 Å². The fourth-order valence-electron chi connectivity index (χ4n) is 2.05. The second-order valence-electron chi connectivity index (χ2n) is 4.98. The summed E-state index contributed by atoms with van der Waals surface area (Å²) in [5.74, 6) is -0.0645. The molecule has 0 fully saturated rings. The van der Waals surface area contributed by atoms with E-state index >= 15 is 0 Å². The Kier molecular flexibility index (Phi) is 5.88. The number of carbonyl (C=O) groups excluding carboxylic acids is 1. The van der Waals surface area contributed by atoms with Gasteiger partial charge < -0.3 is 0 Å². The van der Waals surface area contributed by atoms with Crippen LogP contribution >= 0.6 is 0 Å². The molecule has 0 N–H and O–H groups in total. The van der Waals surface area contributed by atoms with Gasteiger partial charge >= 0.3 is 0 Å². The molecule has 1 aromatic carbocycles. The minimum Gasteiger partial charge on any atom is -0.273 e. The van der Waals surface area contributed by atoms with E-state index in [1.54, 1.807) is 10.9 Å². The van der Waals surface area contributed by atoms with Crippen LogP contribution in [0.25, 0.3) is 5.69 Å². The van der Waals surface area contributed by atoms with Gasteiger partial charge in [0.05, 0.1) is 17.2 Å². The van der Waals surface area contributed by atoms with Crippen LogP contribution in [0, 0.1) is 0 Å². The quantitative estimate of drug-likeness (QED) is 0.764. The maximum Gasteiger partial charge on any atom is 0.246 e. The molecule has 0 bridgehead atoms. The van der Waals surface area contributed by atoms with E-state index in [9.17, 15) is 4.79 Å². The van der Waals surface area contributed by atoms with Crippen LogP contribution in [0.4, 0.5) is 0 Å². The summed E-state index contributed by atoms with van der Waals surface area (Å²) >= 11 is 0. The Morgan fingerprint density at radius 1 is 1.14 bits per heavy atom. The second kappa shape index (κ2) is 8.15. The lowest BCUT2D eigenvalue weighted by atomic mass is 10.1. The molecule has 1 aromatic heterocycles. The molecular formula is C17H21N3O. The van der Waals surface area contributed by atoms with Gasteiger partial charge in [0, 0.05) is 12.6 Å². The zero-order valence-electron chi connectivity index (χ0n) is 12.4. The molecular weight excluding hydrogens is 262 g/mol. The molecule has 4 nitrogen and oxygen atoms in total. The molecule has 0 spiro atoms. The van der Waals surface area contributed by atoms with Crippen LogP contribution in [0.15, 0.2) is 53.8 Å². The normalized spacial score (nSPS) is 11.6. The number of carbonyl (C=O) groups is 1. The van der Waals surface area contributed by atoms with Gasteiger partial charge in [0.1, 0.15) is 0 Å². The molecule has 0 unspecified atom stereocenters. The number of rotatable bonds is 6. The molecule has 0 radical (unpaired) electrons. The monoisotopic (exact) mass is 283 g/mol. The molecule has 0 aliphatic rings. The fraction of sp³-hybridized carbons (Fsp3) is 0.353. The molecule has 0 saturated heterocycles. The summed E-state index contributed by atoms with van der Waals surface area (Å²) in [6, 6.07) is 11.6. The number of amides is 1. The van der Waals surface area contributed by atoms with Crippen molar-refractivity contribution in [2.45, 2.75) is 39.0 Å². The lowest BCUT2D eigenvalue weighted by Crippen LogP contribution is -2.11. The average Bonchev–Trinajstić information content (AvgIpc) is 2.53. The molecule has 0 aliphatic carbocycles. The number of unbranched alkanes of at least 4 members (excludes halogenated alkanes) is 3. The first-order chi connectivity index (χ1) is 10.3. The third-order valence-electron chi connectivity index (χ3n) is 3.22. The highest BCUT2D eigenvalue weighted by molar-refractivity contribution is 5.76. The molecule has 1 heterocycles. The number of hydrogen-bond acceptors (Lipinski definition) is 2. The van der Waals surface area contributed by atoms with E-state index in [2.05, 4.69) is 17.0 Å². The van der Waals surface area contributed by atoms with Crippen LogP contribution in [0.3, 0.4) is 0 Å². The summed E-state index contributed by atoms with van der Waals surface area (Å²) in [6.45, 7) is 2.16. The zero-order valence-corrected chi connectivity index (χ0v) is 12.4. The van der Waals surface area contributed by atoms with Crippen LogP contribution in [0.2, 0.25) is 0 Å². The van der Waals surface area contributed by atoms with Crippen molar-refractivity contribution in [2.75, 3.05) is 0 Å². The predicted octanol–water partition coefficient (Wildman–Crippen LogP) is 3.27. The predicted molar refractivity (Wildman–Crippen MR) is 82.9 cm³/mol. The zero-order chi connectivity index (χ0) is 14.9. The highest BCUT2D eigenvalue weighted by Crippen LogP contribution is 2.04. The summed E-state index contributed by atoms with van der Waals surface area (Å²) in [6.07, 6.45) is 8.33. The van der Waals surface area contributed by atoms with Gasteiger partial charge in [-0.25, -0.2) is 9.67 Å². The van der Waals surface area contributed by atoms with Gasteiger partial charge in [-0.1, -0.05) is 44.4 Å². The Hall–Kier alpha value is -2.23. The maximum absolute atomic E-state index is 11.7. The van der Waals surface area contributed by atoms with Crippen LogP contribution in [0.5, 0.6) is 0 Å². The van der Waals surface area contributed by atoms with Gasteiger partial charge in [-0.3, -0.25) is 4.79 Å². The van der Waals surface area contributed by atoms with Crippen LogP contribution in [-0.4, -0.2) is 15.7 Å². The van der Waals surface area contributed by atoms with E-state index in [-0.39, 0.29) is 5.91 Å². The third kappa shape index (κ3) is 4.99. The van der Waals surface area contributed by atoms with Gasteiger partial charge in [0.25, 0.3) is 0 Å². The van der Waals surface area contributed by atoms with Crippen molar-refractivity contribution in [1.29, 1.82) is 0 Å². The summed E-state index contributed by atoms with van der Waals surface area (Å²) in [5, 5.41) is 4.90.